The Morgan fingerprint density at radius 3 is 2.41 bits per heavy atom. The van der Waals surface area contributed by atoms with E-state index in [4.69, 9.17) is 0 Å². The number of nitrogens with zero attached hydrogens (tertiary/aromatic N) is 2. The molecule has 3 aliphatic rings. The molecule has 2 aromatic rings. The summed E-state index contributed by atoms with van der Waals surface area (Å²) in [5.74, 6) is 2.16. The lowest BCUT2D eigenvalue weighted by molar-refractivity contribution is 0.0505. The van der Waals surface area contributed by atoms with E-state index in [9.17, 15) is 9.90 Å². The smallest absolute Gasteiger partial charge is 0.185 e. The molecule has 3 fully saturated rings. The number of aromatic nitrogens is 2. The van der Waals surface area contributed by atoms with Gasteiger partial charge in [-0.15, -0.1) is 11.3 Å². The van der Waals surface area contributed by atoms with E-state index in [1.165, 1.54) is 30.6 Å². The summed E-state index contributed by atoms with van der Waals surface area (Å²) in [6.07, 6.45) is 8.41. The predicted octanol–water partition coefficient (Wildman–Crippen LogP) is 5.66. The van der Waals surface area contributed by atoms with Gasteiger partial charge in [0.2, 0.25) is 0 Å². The second-order valence-electron chi connectivity index (χ2n) is 10.5. The first-order valence-electron chi connectivity index (χ1n) is 11.3. The van der Waals surface area contributed by atoms with E-state index in [-0.39, 0.29) is 17.8 Å². The fourth-order valence-corrected chi connectivity index (χ4v) is 7.45. The molecule has 0 radical (unpaired) electrons. The van der Waals surface area contributed by atoms with Gasteiger partial charge < -0.3 is 5.11 Å². The number of hydrogen-bond acceptors (Lipinski definition) is 5. The average Bonchev–Trinajstić information content (AvgIpc) is 3.19. The summed E-state index contributed by atoms with van der Waals surface area (Å²) in [5, 5.41) is 11.1. The van der Waals surface area contributed by atoms with E-state index in [1.54, 1.807) is 11.3 Å². The lowest BCUT2D eigenvalue weighted by Gasteiger charge is -2.33. The van der Waals surface area contributed by atoms with Crippen molar-refractivity contribution in [3.63, 3.8) is 0 Å². The van der Waals surface area contributed by atoms with Gasteiger partial charge in [-0.05, 0) is 87.5 Å². The van der Waals surface area contributed by atoms with Gasteiger partial charge in [0, 0.05) is 16.2 Å². The van der Waals surface area contributed by atoms with Crippen LogP contribution in [0, 0.1) is 30.1 Å². The fraction of sp³-hybridized carbons (Fsp3) is 0.708. The highest BCUT2D eigenvalue weighted by Crippen LogP contribution is 2.49. The van der Waals surface area contributed by atoms with E-state index in [2.05, 4.69) is 29.9 Å². The van der Waals surface area contributed by atoms with Gasteiger partial charge in [-0.25, -0.2) is 9.97 Å². The van der Waals surface area contributed by atoms with Gasteiger partial charge in [-0.1, -0.05) is 13.8 Å². The molecule has 3 aliphatic carbocycles. The van der Waals surface area contributed by atoms with Gasteiger partial charge in [0.1, 0.15) is 16.3 Å². The molecule has 5 heteroatoms. The third-order valence-electron chi connectivity index (χ3n) is 7.87. The minimum absolute atomic E-state index is 0.0368. The standard InChI is InChI=1S/C24H32N2O2S/c1-13-25-21(22(28)20-15-4-5-16(20)11-17(27)10-15)18-12-19(29-23(18)26-13)14-6-8-24(2,3)9-7-14/h12,14-17,20,27H,4-11H2,1-3H3/t15-,16+,17+,20?. The number of Topliss-reactive ketones (excluding diaryl/α,β-unsaturated/α-hetero) is 1. The van der Waals surface area contributed by atoms with Crippen LogP contribution in [0.15, 0.2) is 6.07 Å². The molecule has 0 aromatic carbocycles. The summed E-state index contributed by atoms with van der Waals surface area (Å²) >= 11 is 1.77. The number of carbonyl (C=O) groups is 1. The number of aliphatic hydroxyl groups excluding tert-OH is 1. The maximum atomic E-state index is 13.6. The van der Waals surface area contributed by atoms with Gasteiger partial charge in [0.05, 0.1) is 6.10 Å². The molecule has 2 heterocycles. The minimum Gasteiger partial charge on any atom is -0.393 e. The monoisotopic (exact) mass is 412 g/mol. The van der Waals surface area contributed by atoms with Crippen LogP contribution in [0.5, 0.6) is 0 Å². The van der Waals surface area contributed by atoms with Crippen molar-refractivity contribution in [2.45, 2.75) is 84.2 Å². The molecule has 4 nitrogen and oxygen atoms in total. The van der Waals surface area contributed by atoms with E-state index < -0.39 is 0 Å². The van der Waals surface area contributed by atoms with Crippen LogP contribution in [0.4, 0.5) is 0 Å². The second-order valence-corrected chi connectivity index (χ2v) is 11.6. The van der Waals surface area contributed by atoms with Crippen LogP contribution in [-0.4, -0.2) is 27.0 Å². The van der Waals surface area contributed by atoms with Crippen LogP contribution in [-0.2, 0) is 0 Å². The van der Waals surface area contributed by atoms with Gasteiger partial charge in [0.15, 0.2) is 5.78 Å². The Bertz CT molecular complexity index is 926. The van der Waals surface area contributed by atoms with Crippen molar-refractivity contribution in [1.29, 1.82) is 0 Å². The first kappa shape index (κ1) is 19.6. The third-order valence-corrected chi connectivity index (χ3v) is 9.07. The normalized spacial score (nSPS) is 32.0. The highest BCUT2D eigenvalue weighted by molar-refractivity contribution is 7.18. The second kappa shape index (κ2) is 7.12. The first-order chi connectivity index (χ1) is 13.8. The van der Waals surface area contributed by atoms with Gasteiger partial charge in [-0.2, -0.15) is 0 Å². The number of rotatable bonds is 3. The highest BCUT2D eigenvalue weighted by atomic mass is 32.1. The van der Waals surface area contributed by atoms with Crippen LogP contribution < -0.4 is 0 Å². The van der Waals surface area contributed by atoms with Crippen molar-refractivity contribution in [3.8, 4) is 0 Å². The molecule has 0 saturated heterocycles. The summed E-state index contributed by atoms with van der Waals surface area (Å²) < 4.78 is 0. The molecule has 3 saturated carbocycles. The van der Waals surface area contributed by atoms with Crippen LogP contribution in [0.3, 0.4) is 0 Å². The van der Waals surface area contributed by atoms with Crippen molar-refractivity contribution in [1.82, 2.24) is 9.97 Å². The molecule has 0 amide bonds. The number of carbonyl (C=O) groups excluding carboxylic acids is 1. The lowest BCUT2D eigenvalue weighted by atomic mass is 9.72. The molecule has 1 N–H and O–H groups in total. The Kier molecular flexibility index (Phi) is 4.82. The molecule has 0 aliphatic heterocycles. The van der Waals surface area contributed by atoms with Crippen molar-refractivity contribution in [2.24, 2.45) is 23.2 Å². The molecule has 2 bridgehead atoms. The fourth-order valence-electron chi connectivity index (χ4n) is 6.20. The third kappa shape index (κ3) is 3.54. The highest BCUT2D eigenvalue weighted by Gasteiger charge is 2.46. The van der Waals surface area contributed by atoms with E-state index in [0.717, 1.165) is 35.9 Å². The molecule has 4 atom stereocenters. The molecule has 5 rings (SSSR count). The Balaban J connectivity index is 1.48. The zero-order valence-electron chi connectivity index (χ0n) is 17.8. The number of ketones is 1. The Morgan fingerprint density at radius 2 is 1.76 bits per heavy atom. The van der Waals surface area contributed by atoms with Gasteiger partial charge in [-0.3, -0.25) is 4.79 Å². The SMILES string of the molecule is Cc1nc(C(=O)C2[C@@H]3CC[C@H]2C[C@@H](O)C3)c2cc(C3CCC(C)(C)CC3)sc2n1. The lowest BCUT2D eigenvalue weighted by Crippen LogP contribution is -2.34. The maximum Gasteiger partial charge on any atom is 0.185 e. The molecular weight excluding hydrogens is 380 g/mol. The van der Waals surface area contributed by atoms with Crippen LogP contribution >= 0.6 is 11.3 Å². The maximum absolute atomic E-state index is 13.6. The van der Waals surface area contributed by atoms with Crippen molar-refractivity contribution in [3.05, 3.63) is 22.5 Å². The van der Waals surface area contributed by atoms with Crippen molar-refractivity contribution in [2.75, 3.05) is 0 Å². The first-order valence-corrected chi connectivity index (χ1v) is 12.1. The quantitative estimate of drug-likeness (QED) is 0.660. The largest absolute Gasteiger partial charge is 0.393 e. The summed E-state index contributed by atoms with van der Waals surface area (Å²) in [7, 11) is 0. The molecule has 156 valence electrons. The van der Waals surface area contributed by atoms with Gasteiger partial charge in [0.25, 0.3) is 0 Å². The summed E-state index contributed by atoms with van der Waals surface area (Å²) in [5.41, 5.74) is 1.10. The van der Waals surface area contributed by atoms with Crippen molar-refractivity contribution < 1.29 is 9.90 Å². The Morgan fingerprint density at radius 1 is 1.10 bits per heavy atom. The van der Waals surface area contributed by atoms with E-state index in [1.807, 2.05) is 6.92 Å². The predicted molar refractivity (Wildman–Crippen MR) is 116 cm³/mol. The van der Waals surface area contributed by atoms with E-state index >= 15 is 0 Å². The topological polar surface area (TPSA) is 63.1 Å². The number of hydrogen-bond donors (Lipinski definition) is 1. The van der Waals surface area contributed by atoms with E-state index in [0.29, 0.717) is 34.7 Å². The molecule has 2 aromatic heterocycles. The zero-order valence-corrected chi connectivity index (χ0v) is 18.6. The minimum atomic E-state index is -0.230. The summed E-state index contributed by atoms with van der Waals surface area (Å²) in [4.78, 5) is 25.3. The Hall–Kier alpha value is -1.33. The molecule has 29 heavy (non-hydrogen) atoms. The van der Waals surface area contributed by atoms with Gasteiger partial charge >= 0.3 is 0 Å². The van der Waals surface area contributed by atoms with Crippen LogP contribution in [0.1, 0.15) is 92.3 Å². The zero-order chi connectivity index (χ0) is 20.3. The molecule has 1 unspecified atom stereocenters. The number of aryl methyl sites for hydroxylation is 1. The number of fused-ring (bicyclic) bond motifs is 3. The molecule has 0 spiro atoms. The Labute approximate surface area is 177 Å². The van der Waals surface area contributed by atoms with Crippen LogP contribution in [0.25, 0.3) is 10.2 Å². The molecular formula is C24H32N2O2S. The number of thiophene rings is 1. The van der Waals surface area contributed by atoms with Crippen molar-refractivity contribution >= 4 is 27.3 Å². The summed E-state index contributed by atoms with van der Waals surface area (Å²) in [6, 6.07) is 2.23. The van der Waals surface area contributed by atoms with Crippen LogP contribution in [0.2, 0.25) is 0 Å². The number of aliphatic hydroxyl groups is 1. The summed E-state index contributed by atoms with van der Waals surface area (Å²) in [6.45, 7) is 6.64. The average molecular weight is 413 g/mol.